The number of carbonyl (C=O) groups excluding carboxylic acids is 1. The summed E-state index contributed by atoms with van der Waals surface area (Å²) in [4.78, 5) is 17.4. The lowest BCUT2D eigenvalue weighted by molar-refractivity contribution is -0.205. The number of alkyl halides is 4. The van der Waals surface area contributed by atoms with Crippen LogP contribution in [0.1, 0.15) is 71.0 Å². The van der Waals surface area contributed by atoms with Gasteiger partial charge in [-0.25, -0.2) is 9.18 Å². The Labute approximate surface area is 160 Å². The minimum absolute atomic E-state index is 0.0447. The number of amides is 1. The molecule has 1 aliphatic carbocycles. The van der Waals surface area contributed by atoms with Crippen molar-refractivity contribution in [3.8, 4) is 0 Å². The van der Waals surface area contributed by atoms with Gasteiger partial charge in [0.15, 0.2) is 5.82 Å². The van der Waals surface area contributed by atoms with Gasteiger partial charge in [-0.3, -0.25) is 0 Å². The molecule has 28 heavy (non-hydrogen) atoms. The molecule has 1 aromatic rings. The third kappa shape index (κ3) is 3.96. The van der Waals surface area contributed by atoms with Gasteiger partial charge in [-0.2, -0.15) is 18.2 Å². The monoisotopic (exact) mass is 407 g/mol. The Morgan fingerprint density at radius 1 is 1.21 bits per heavy atom. The van der Waals surface area contributed by atoms with E-state index in [0.717, 1.165) is 0 Å². The first-order chi connectivity index (χ1) is 12.7. The van der Waals surface area contributed by atoms with E-state index in [2.05, 4.69) is 10.1 Å². The van der Waals surface area contributed by atoms with Crippen molar-refractivity contribution >= 4 is 6.09 Å². The van der Waals surface area contributed by atoms with E-state index in [1.165, 1.54) is 11.8 Å². The highest BCUT2D eigenvalue weighted by molar-refractivity contribution is 5.68. The zero-order valence-electron chi connectivity index (χ0n) is 16.4. The number of piperidine rings is 1. The van der Waals surface area contributed by atoms with Crippen LogP contribution in [0.5, 0.6) is 0 Å². The van der Waals surface area contributed by atoms with Gasteiger partial charge in [0.1, 0.15) is 16.7 Å². The summed E-state index contributed by atoms with van der Waals surface area (Å²) in [5.41, 5.74) is -4.37. The van der Waals surface area contributed by atoms with Crippen LogP contribution in [0.3, 0.4) is 0 Å². The van der Waals surface area contributed by atoms with Crippen molar-refractivity contribution in [3.05, 3.63) is 11.7 Å². The van der Waals surface area contributed by atoms with Crippen molar-refractivity contribution in [1.29, 1.82) is 0 Å². The average Bonchev–Trinajstić information content (AvgIpc) is 2.99. The number of ether oxygens (including phenoxy) is 1. The zero-order valence-corrected chi connectivity index (χ0v) is 16.4. The molecule has 0 spiro atoms. The summed E-state index contributed by atoms with van der Waals surface area (Å²) in [6.45, 7) is 6.24. The predicted octanol–water partition coefficient (Wildman–Crippen LogP) is 4.51. The molecular formula is C18H25F4N3O3. The molecule has 0 unspecified atom stereocenters. The second-order valence-corrected chi connectivity index (χ2v) is 9.02. The molecule has 0 atom stereocenters. The summed E-state index contributed by atoms with van der Waals surface area (Å²) in [5, 5.41) is 3.60. The maximum absolute atomic E-state index is 14.0. The second kappa shape index (κ2) is 6.59. The highest BCUT2D eigenvalue weighted by Crippen LogP contribution is 2.50. The van der Waals surface area contributed by atoms with E-state index in [0.29, 0.717) is 0 Å². The van der Waals surface area contributed by atoms with Crippen LogP contribution in [0.4, 0.5) is 22.4 Å². The topological polar surface area (TPSA) is 68.5 Å². The minimum atomic E-state index is -4.61. The molecule has 3 rings (SSSR count). The highest BCUT2D eigenvalue weighted by atomic mass is 19.4. The number of nitrogens with zero attached hydrogens (tertiary/aromatic N) is 3. The Balaban J connectivity index is 1.75. The average molecular weight is 407 g/mol. The molecule has 2 aliphatic rings. The quantitative estimate of drug-likeness (QED) is 0.675. The fourth-order valence-corrected chi connectivity index (χ4v) is 3.77. The minimum Gasteiger partial charge on any atom is -0.444 e. The summed E-state index contributed by atoms with van der Waals surface area (Å²) in [5.74, 6) is -0.752. The maximum Gasteiger partial charge on any atom is 0.410 e. The summed E-state index contributed by atoms with van der Waals surface area (Å²) in [6.07, 6.45) is -5.73. The van der Waals surface area contributed by atoms with Gasteiger partial charge in [-0.1, -0.05) is 5.16 Å². The first-order valence-corrected chi connectivity index (χ1v) is 9.30. The molecule has 1 aliphatic heterocycles. The number of rotatable bonds is 2. The van der Waals surface area contributed by atoms with Gasteiger partial charge in [0.2, 0.25) is 5.89 Å². The Hall–Kier alpha value is -1.87. The lowest BCUT2D eigenvalue weighted by Gasteiger charge is -2.41. The second-order valence-electron chi connectivity index (χ2n) is 9.02. The molecule has 2 heterocycles. The molecule has 6 nitrogen and oxygen atoms in total. The van der Waals surface area contributed by atoms with Crippen molar-refractivity contribution in [3.63, 3.8) is 0 Å². The van der Waals surface area contributed by atoms with Crippen LogP contribution in [-0.2, 0) is 10.2 Å². The first-order valence-electron chi connectivity index (χ1n) is 9.30. The van der Waals surface area contributed by atoms with Gasteiger partial charge in [0.25, 0.3) is 0 Å². The standard InChI is InChI=1S/C18H25F4N3O3/c1-15(2,3)27-14(26)25-7-5-17(6-8-25,18(20,21)22)13-23-12(28-24-13)11-9-16(4,19)10-11/h11H,5-10H2,1-4H3. The summed E-state index contributed by atoms with van der Waals surface area (Å²) in [7, 11) is 0. The van der Waals surface area contributed by atoms with Crippen molar-refractivity contribution < 1.29 is 31.6 Å². The van der Waals surface area contributed by atoms with Crippen molar-refractivity contribution in [2.75, 3.05) is 13.1 Å². The molecule has 1 aromatic heterocycles. The maximum atomic E-state index is 14.0. The van der Waals surface area contributed by atoms with Crippen LogP contribution in [0.15, 0.2) is 4.52 Å². The van der Waals surface area contributed by atoms with Gasteiger partial charge >= 0.3 is 12.3 Å². The number of hydrogen-bond donors (Lipinski definition) is 0. The van der Waals surface area contributed by atoms with E-state index in [4.69, 9.17) is 9.26 Å². The normalized spacial score (nSPS) is 28.0. The van der Waals surface area contributed by atoms with Gasteiger partial charge in [0.05, 0.1) is 0 Å². The van der Waals surface area contributed by atoms with Crippen LogP contribution < -0.4 is 0 Å². The van der Waals surface area contributed by atoms with E-state index >= 15 is 0 Å². The predicted molar refractivity (Wildman–Crippen MR) is 90.6 cm³/mol. The lowest BCUT2D eigenvalue weighted by Crippen LogP contribution is -2.53. The van der Waals surface area contributed by atoms with Crippen LogP contribution >= 0.6 is 0 Å². The Bertz CT molecular complexity index is 723. The van der Waals surface area contributed by atoms with Gasteiger partial charge in [-0.05, 0) is 53.4 Å². The smallest absolute Gasteiger partial charge is 0.410 e. The Morgan fingerprint density at radius 2 is 1.79 bits per heavy atom. The molecule has 158 valence electrons. The van der Waals surface area contributed by atoms with E-state index in [1.807, 2.05) is 0 Å². The fraction of sp³-hybridized carbons (Fsp3) is 0.833. The van der Waals surface area contributed by atoms with Gasteiger partial charge < -0.3 is 14.2 Å². The first kappa shape index (κ1) is 20.9. The number of aromatic nitrogens is 2. The SMILES string of the molecule is CC1(F)CC(c2nc(C3(C(F)(F)F)CCN(C(=O)OC(C)(C)C)CC3)no2)C1. The van der Waals surface area contributed by atoms with Crippen LogP contribution in [0, 0.1) is 0 Å². The molecule has 0 bridgehead atoms. The Kier molecular flexibility index (Phi) is 4.91. The molecule has 0 N–H and O–H groups in total. The van der Waals surface area contributed by atoms with Crippen molar-refractivity contribution in [2.45, 2.75) is 82.2 Å². The number of hydrogen-bond acceptors (Lipinski definition) is 5. The fourth-order valence-electron chi connectivity index (χ4n) is 3.77. The van der Waals surface area contributed by atoms with E-state index in [1.54, 1.807) is 20.8 Å². The van der Waals surface area contributed by atoms with Crippen LogP contribution in [0.25, 0.3) is 0 Å². The third-order valence-corrected chi connectivity index (χ3v) is 5.37. The van der Waals surface area contributed by atoms with Gasteiger partial charge in [0, 0.05) is 19.0 Å². The molecule has 10 heteroatoms. The molecule has 1 saturated carbocycles. The third-order valence-electron chi connectivity index (χ3n) is 5.37. The molecule has 0 radical (unpaired) electrons. The number of likely N-dealkylation sites (tertiary alicyclic amines) is 1. The molecule has 2 fully saturated rings. The van der Waals surface area contributed by atoms with Crippen LogP contribution in [-0.4, -0.2) is 51.7 Å². The van der Waals surface area contributed by atoms with Crippen molar-refractivity contribution in [2.24, 2.45) is 0 Å². The highest BCUT2D eigenvalue weighted by Gasteiger charge is 2.60. The van der Waals surface area contributed by atoms with E-state index in [-0.39, 0.29) is 50.6 Å². The number of carbonyl (C=O) groups is 1. The lowest BCUT2D eigenvalue weighted by atomic mass is 9.73. The summed E-state index contributed by atoms with van der Waals surface area (Å²) in [6, 6.07) is 0. The molecule has 1 amide bonds. The molecule has 1 saturated heterocycles. The summed E-state index contributed by atoms with van der Waals surface area (Å²) < 4.78 is 65.9. The summed E-state index contributed by atoms with van der Waals surface area (Å²) >= 11 is 0. The van der Waals surface area contributed by atoms with E-state index < -0.39 is 34.8 Å². The number of halogens is 4. The van der Waals surface area contributed by atoms with Crippen LogP contribution in [0.2, 0.25) is 0 Å². The molecule has 0 aromatic carbocycles. The molecular weight excluding hydrogens is 382 g/mol. The van der Waals surface area contributed by atoms with Gasteiger partial charge in [-0.15, -0.1) is 0 Å². The Morgan fingerprint density at radius 3 is 2.25 bits per heavy atom. The van der Waals surface area contributed by atoms with Crippen molar-refractivity contribution in [1.82, 2.24) is 15.0 Å². The zero-order chi connectivity index (χ0) is 21.0. The largest absolute Gasteiger partial charge is 0.444 e. The van der Waals surface area contributed by atoms with E-state index in [9.17, 15) is 22.4 Å².